The first-order valence-electron chi connectivity index (χ1n) is 3.06. The van der Waals surface area contributed by atoms with Gasteiger partial charge in [-0.25, -0.2) is 0 Å². The highest BCUT2D eigenvalue weighted by molar-refractivity contribution is 5.18. The maximum Gasteiger partial charge on any atom is 0.0310 e. The van der Waals surface area contributed by atoms with Gasteiger partial charge in [-0.2, -0.15) is 0 Å². The SMILES string of the molecule is C=C/C=C(N)\C=C/CC. The van der Waals surface area contributed by atoms with Crippen molar-refractivity contribution in [3.63, 3.8) is 0 Å². The van der Waals surface area contributed by atoms with E-state index in [0.29, 0.717) is 0 Å². The van der Waals surface area contributed by atoms with E-state index in [9.17, 15) is 0 Å². The summed E-state index contributed by atoms with van der Waals surface area (Å²) in [7, 11) is 0. The van der Waals surface area contributed by atoms with Crippen LogP contribution in [0.4, 0.5) is 0 Å². The maximum absolute atomic E-state index is 5.47. The van der Waals surface area contributed by atoms with Gasteiger partial charge in [0.15, 0.2) is 0 Å². The molecular weight excluding hydrogens is 110 g/mol. The molecule has 0 fully saturated rings. The molecule has 1 heteroatoms. The quantitative estimate of drug-likeness (QED) is 0.570. The number of hydrogen-bond donors (Lipinski definition) is 1. The van der Waals surface area contributed by atoms with Crippen LogP contribution >= 0.6 is 0 Å². The molecule has 0 spiro atoms. The standard InChI is InChI=1S/C8H13N/c1-3-5-7-8(9)6-4-2/h4-7H,2-3,9H2,1H3/b7-5-,8-6+. The smallest absolute Gasteiger partial charge is 0.0310 e. The molecule has 0 atom stereocenters. The summed E-state index contributed by atoms with van der Waals surface area (Å²) in [5.41, 5.74) is 6.23. The van der Waals surface area contributed by atoms with Crippen LogP contribution in [0.3, 0.4) is 0 Å². The van der Waals surface area contributed by atoms with Gasteiger partial charge in [-0.1, -0.05) is 25.7 Å². The van der Waals surface area contributed by atoms with Crippen molar-refractivity contribution < 1.29 is 0 Å². The normalized spacial score (nSPS) is 12.3. The van der Waals surface area contributed by atoms with Gasteiger partial charge in [0.05, 0.1) is 0 Å². The molecule has 0 rings (SSSR count). The van der Waals surface area contributed by atoms with Crippen LogP contribution in [0.25, 0.3) is 0 Å². The molecule has 0 radical (unpaired) electrons. The lowest BCUT2D eigenvalue weighted by Gasteiger charge is -1.86. The van der Waals surface area contributed by atoms with Crippen molar-refractivity contribution in [1.29, 1.82) is 0 Å². The van der Waals surface area contributed by atoms with Gasteiger partial charge in [0.25, 0.3) is 0 Å². The summed E-state index contributed by atoms with van der Waals surface area (Å²) in [4.78, 5) is 0. The Bertz CT molecular complexity index is 132. The van der Waals surface area contributed by atoms with Crippen LogP contribution < -0.4 is 5.73 Å². The van der Waals surface area contributed by atoms with E-state index in [1.807, 2.05) is 12.2 Å². The molecule has 0 aromatic heterocycles. The molecule has 1 nitrogen and oxygen atoms in total. The van der Waals surface area contributed by atoms with Crippen molar-refractivity contribution in [2.45, 2.75) is 13.3 Å². The fourth-order valence-electron chi connectivity index (χ4n) is 0.446. The second kappa shape index (κ2) is 5.16. The molecule has 0 unspecified atom stereocenters. The third-order valence-corrected chi connectivity index (χ3v) is 0.856. The average molecular weight is 123 g/mol. The minimum absolute atomic E-state index is 0.756. The Hall–Kier alpha value is -0.980. The van der Waals surface area contributed by atoms with Crippen molar-refractivity contribution in [2.24, 2.45) is 5.73 Å². The molecule has 0 aliphatic heterocycles. The first-order valence-corrected chi connectivity index (χ1v) is 3.06. The number of allylic oxidation sites excluding steroid dienone is 4. The molecule has 0 amide bonds. The third kappa shape index (κ3) is 4.88. The van der Waals surface area contributed by atoms with Gasteiger partial charge >= 0.3 is 0 Å². The summed E-state index contributed by atoms with van der Waals surface area (Å²) < 4.78 is 0. The summed E-state index contributed by atoms with van der Waals surface area (Å²) in [6.07, 6.45) is 8.35. The Morgan fingerprint density at radius 3 is 2.78 bits per heavy atom. The topological polar surface area (TPSA) is 26.0 Å². The highest BCUT2D eigenvalue weighted by Crippen LogP contribution is 1.88. The fourth-order valence-corrected chi connectivity index (χ4v) is 0.446. The molecule has 0 aromatic rings. The van der Waals surface area contributed by atoms with Crippen LogP contribution in [-0.4, -0.2) is 0 Å². The van der Waals surface area contributed by atoms with E-state index in [2.05, 4.69) is 13.5 Å². The maximum atomic E-state index is 5.47. The number of nitrogens with two attached hydrogens (primary N) is 1. The largest absolute Gasteiger partial charge is 0.399 e. The van der Waals surface area contributed by atoms with E-state index < -0.39 is 0 Å². The summed E-state index contributed by atoms with van der Waals surface area (Å²) >= 11 is 0. The van der Waals surface area contributed by atoms with E-state index in [0.717, 1.165) is 12.1 Å². The Labute approximate surface area is 56.6 Å². The van der Waals surface area contributed by atoms with Gasteiger partial charge in [0.2, 0.25) is 0 Å². The first kappa shape index (κ1) is 8.02. The molecule has 0 saturated heterocycles. The van der Waals surface area contributed by atoms with Crippen molar-refractivity contribution in [3.05, 3.63) is 36.6 Å². The van der Waals surface area contributed by atoms with E-state index in [4.69, 9.17) is 5.73 Å². The van der Waals surface area contributed by atoms with E-state index in [-0.39, 0.29) is 0 Å². The Kier molecular flexibility index (Phi) is 4.60. The summed E-state index contributed by atoms with van der Waals surface area (Å²) in [6, 6.07) is 0. The van der Waals surface area contributed by atoms with Gasteiger partial charge in [-0.15, -0.1) is 0 Å². The van der Waals surface area contributed by atoms with Crippen molar-refractivity contribution in [1.82, 2.24) is 0 Å². The van der Waals surface area contributed by atoms with Crippen LogP contribution in [0, 0.1) is 0 Å². The molecule has 0 saturated carbocycles. The van der Waals surface area contributed by atoms with Gasteiger partial charge in [0.1, 0.15) is 0 Å². The van der Waals surface area contributed by atoms with Gasteiger partial charge in [0, 0.05) is 5.70 Å². The lowest BCUT2D eigenvalue weighted by Crippen LogP contribution is -1.90. The zero-order chi connectivity index (χ0) is 7.11. The third-order valence-electron chi connectivity index (χ3n) is 0.856. The van der Waals surface area contributed by atoms with E-state index in [1.165, 1.54) is 0 Å². The molecule has 2 N–H and O–H groups in total. The molecular formula is C8H13N. The molecule has 0 aromatic carbocycles. The second-order valence-electron chi connectivity index (χ2n) is 1.71. The fraction of sp³-hybridized carbons (Fsp3) is 0.250. The molecule has 9 heavy (non-hydrogen) atoms. The monoisotopic (exact) mass is 123 g/mol. The van der Waals surface area contributed by atoms with Crippen LogP contribution in [-0.2, 0) is 0 Å². The van der Waals surface area contributed by atoms with Crippen molar-refractivity contribution >= 4 is 0 Å². The highest BCUT2D eigenvalue weighted by Gasteiger charge is 1.74. The average Bonchev–Trinajstić information content (AvgIpc) is 1.85. The Balaban J connectivity index is 3.74. The van der Waals surface area contributed by atoms with Crippen LogP contribution in [0.2, 0.25) is 0 Å². The minimum Gasteiger partial charge on any atom is -0.399 e. The lowest BCUT2D eigenvalue weighted by molar-refractivity contribution is 1.21. The van der Waals surface area contributed by atoms with E-state index >= 15 is 0 Å². The Morgan fingerprint density at radius 1 is 1.67 bits per heavy atom. The summed E-state index contributed by atoms with van der Waals surface area (Å²) in [5, 5.41) is 0. The van der Waals surface area contributed by atoms with Crippen LogP contribution in [0.5, 0.6) is 0 Å². The van der Waals surface area contributed by atoms with Gasteiger partial charge in [-0.3, -0.25) is 0 Å². The van der Waals surface area contributed by atoms with Crippen molar-refractivity contribution in [2.75, 3.05) is 0 Å². The second-order valence-corrected chi connectivity index (χ2v) is 1.71. The minimum atomic E-state index is 0.756. The molecule has 0 heterocycles. The summed E-state index contributed by atoms with van der Waals surface area (Å²) in [6.45, 7) is 5.59. The number of hydrogen-bond acceptors (Lipinski definition) is 1. The molecule has 0 bridgehead atoms. The molecule has 50 valence electrons. The van der Waals surface area contributed by atoms with Crippen molar-refractivity contribution in [3.8, 4) is 0 Å². The predicted octanol–water partition coefficient (Wildman–Crippen LogP) is 1.98. The molecule has 0 aliphatic carbocycles. The predicted molar refractivity (Wildman–Crippen MR) is 41.9 cm³/mol. The van der Waals surface area contributed by atoms with Gasteiger partial charge in [-0.05, 0) is 18.6 Å². The van der Waals surface area contributed by atoms with E-state index in [1.54, 1.807) is 12.2 Å². The molecule has 0 aliphatic rings. The van der Waals surface area contributed by atoms with Crippen LogP contribution in [0.1, 0.15) is 13.3 Å². The number of rotatable bonds is 3. The Morgan fingerprint density at radius 2 is 2.33 bits per heavy atom. The lowest BCUT2D eigenvalue weighted by atomic mass is 10.3. The highest BCUT2D eigenvalue weighted by atomic mass is 14.5. The zero-order valence-electron chi connectivity index (χ0n) is 5.80. The van der Waals surface area contributed by atoms with Gasteiger partial charge < -0.3 is 5.73 Å². The zero-order valence-corrected chi connectivity index (χ0v) is 5.80. The summed E-state index contributed by atoms with van der Waals surface area (Å²) in [5.74, 6) is 0. The first-order chi connectivity index (χ1) is 4.31. The van der Waals surface area contributed by atoms with Crippen LogP contribution in [0.15, 0.2) is 36.6 Å².